The highest BCUT2D eigenvalue weighted by molar-refractivity contribution is 5.92. The van der Waals surface area contributed by atoms with E-state index in [1.165, 1.54) is 12.8 Å². The largest absolute Gasteiger partial charge is 0.450 e. The van der Waals surface area contributed by atoms with Gasteiger partial charge in [0.2, 0.25) is 0 Å². The second-order valence-corrected chi connectivity index (χ2v) is 6.52. The molecule has 0 saturated carbocycles. The molecule has 3 rings (SSSR count). The van der Waals surface area contributed by atoms with Crippen molar-refractivity contribution in [3.63, 3.8) is 0 Å². The minimum absolute atomic E-state index is 0.128. The van der Waals surface area contributed by atoms with Crippen LogP contribution in [0.4, 0.5) is 4.79 Å². The van der Waals surface area contributed by atoms with Crippen LogP contribution in [0.25, 0.3) is 0 Å². The highest BCUT2D eigenvalue weighted by Crippen LogP contribution is 2.13. The van der Waals surface area contributed by atoms with Gasteiger partial charge < -0.3 is 19.9 Å². The van der Waals surface area contributed by atoms with Crippen LogP contribution in [0.5, 0.6) is 0 Å². The molecule has 2 aliphatic heterocycles. The van der Waals surface area contributed by atoms with E-state index in [9.17, 15) is 9.59 Å². The standard InChI is InChI=1S/C16H26N6O3/c1-2-25-16(24)21-8-6-20(7-9-21)15(23)14-12-22(19-18-14)11-13-4-3-5-17-10-13/h12-13,17H,2-11H2,1H3. The van der Waals surface area contributed by atoms with Gasteiger partial charge in [-0.25, -0.2) is 4.79 Å². The van der Waals surface area contributed by atoms with Crippen LogP contribution >= 0.6 is 0 Å². The lowest BCUT2D eigenvalue weighted by molar-refractivity contribution is 0.0566. The lowest BCUT2D eigenvalue weighted by atomic mass is 10.00. The van der Waals surface area contributed by atoms with Crippen LogP contribution in [0, 0.1) is 5.92 Å². The van der Waals surface area contributed by atoms with Gasteiger partial charge in [-0.3, -0.25) is 9.48 Å². The van der Waals surface area contributed by atoms with Gasteiger partial charge in [-0.15, -0.1) is 5.10 Å². The van der Waals surface area contributed by atoms with Crippen molar-refractivity contribution in [3.05, 3.63) is 11.9 Å². The maximum Gasteiger partial charge on any atom is 0.409 e. The van der Waals surface area contributed by atoms with Gasteiger partial charge in [0.1, 0.15) is 0 Å². The third kappa shape index (κ3) is 4.47. The van der Waals surface area contributed by atoms with E-state index in [1.807, 2.05) is 0 Å². The number of carbonyl (C=O) groups is 2. The molecule has 2 amide bonds. The van der Waals surface area contributed by atoms with E-state index >= 15 is 0 Å². The van der Waals surface area contributed by atoms with Gasteiger partial charge in [0.25, 0.3) is 5.91 Å². The SMILES string of the molecule is CCOC(=O)N1CCN(C(=O)c2cn(CC3CCCNC3)nn2)CC1. The molecule has 0 aliphatic carbocycles. The molecule has 9 heteroatoms. The Balaban J connectivity index is 1.51. The van der Waals surface area contributed by atoms with Gasteiger partial charge >= 0.3 is 6.09 Å². The minimum Gasteiger partial charge on any atom is -0.450 e. The minimum atomic E-state index is -0.318. The van der Waals surface area contributed by atoms with E-state index < -0.39 is 0 Å². The van der Waals surface area contributed by atoms with E-state index in [0.717, 1.165) is 19.6 Å². The smallest absolute Gasteiger partial charge is 0.409 e. The van der Waals surface area contributed by atoms with E-state index in [0.29, 0.717) is 44.4 Å². The van der Waals surface area contributed by atoms with Gasteiger partial charge in [0.05, 0.1) is 12.8 Å². The van der Waals surface area contributed by atoms with Crippen LogP contribution < -0.4 is 5.32 Å². The van der Waals surface area contributed by atoms with Crippen molar-refractivity contribution in [1.82, 2.24) is 30.1 Å². The third-order valence-electron chi connectivity index (χ3n) is 4.69. The molecule has 2 saturated heterocycles. The summed E-state index contributed by atoms with van der Waals surface area (Å²) in [7, 11) is 0. The summed E-state index contributed by atoms with van der Waals surface area (Å²) in [5.41, 5.74) is 0.369. The van der Waals surface area contributed by atoms with E-state index in [-0.39, 0.29) is 12.0 Å². The van der Waals surface area contributed by atoms with Crippen LogP contribution in [0.2, 0.25) is 0 Å². The number of aromatic nitrogens is 3. The molecule has 9 nitrogen and oxygen atoms in total. The van der Waals surface area contributed by atoms with Crippen LogP contribution in [0.1, 0.15) is 30.3 Å². The molecule has 0 aromatic carbocycles. The second kappa shape index (κ2) is 8.28. The maximum absolute atomic E-state index is 12.6. The third-order valence-corrected chi connectivity index (χ3v) is 4.69. The maximum atomic E-state index is 12.6. The summed E-state index contributed by atoms with van der Waals surface area (Å²) in [5, 5.41) is 11.5. The Kier molecular flexibility index (Phi) is 5.85. The Labute approximate surface area is 147 Å². The monoisotopic (exact) mass is 350 g/mol. The fourth-order valence-corrected chi connectivity index (χ4v) is 3.30. The van der Waals surface area contributed by atoms with Crippen molar-refractivity contribution in [1.29, 1.82) is 0 Å². The zero-order valence-corrected chi connectivity index (χ0v) is 14.7. The quantitative estimate of drug-likeness (QED) is 0.833. The number of nitrogens with zero attached hydrogens (tertiary/aromatic N) is 5. The number of hydrogen-bond acceptors (Lipinski definition) is 6. The molecular weight excluding hydrogens is 324 g/mol. The fraction of sp³-hybridized carbons (Fsp3) is 0.750. The highest BCUT2D eigenvalue weighted by atomic mass is 16.6. The fourth-order valence-electron chi connectivity index (χ4n) is 3.30. The molecule has 3 heterocycles. The Bertz CT molecular complexity index is 590. The number of rotatable bonds is 4. The van der Waals surface area contributed by atoms with Crippen LogP contribution in [-0.4, -0.2) is 82.7 Å². The average molecular weight is 350 g/mol. The number of amides is 2. The van der Waals surface area contributed by atoms with Crippen molar-refractivity contribution in [2.45, 2.75) is 26.3 Å². The lowest BCUT2D eigenvalue weighted by Gasteiger charge is -2.33. The van der Waals surface area contributed by atoms with Crippen molar-refractivity contribution in [2.24, 2.45) is 5.92 Å². The summed E-state index contributed by atoms with van der Waals surface area (Å²) < 4.78 is 6.75. The summed E-state index contributed by atoms with van der Waals surface area (Å²) in [6, 6.07) is 0. The van der Waals surface area contributed by atoms with E-state index in [1.54, 1.807) is 27.6 Å². The normalized spacial score (nSPS) is 21.2. The molecule has 0 bridgehead atoms. The number of nitrogens with one attached hydrogen (secondary N) is 1. The topological polar surface area (TPSA) is 92.6 Å². The van der Waals surface area contributed by atoms with Gasteiger partial charge in [0.15, 0.2) is 5.69 Å². The molecule has 2 fully saturated rings. The van der Waals surface area contributed by atoms with Crippen LogP contribution in [0.3, 0.4) is 0 Å². The summed E-state index contributed by atoms with van der Waals surface area (Å²) in [6.07, 6.45) is 3.76. The number of piperidine rings is 1. The van der Waals surface area contributed by atoms with Gasteiger partial charge in [-0.2, -0.15) is 0 Å². The predicted octanol–water partition coefficient (Wildman–Crippen LogP) is 0.192. The predicted molar refractivity (Wildman–Crippen MR) is 90.1 cm³/mol. The van der Waals surface area contributed by atoms with Crippen molar-refractivity contribution in [2.75, 3.05) is 45.9 Å². The Hall–Kier alpha value is -2.16. The molecule has 2 aliphatic rings. The molecule has 1 unspecified atom stereocenters. The van der Waals surface area contributed by atoms with Crippen molar-refractivity contribution in [3.8, 4) is 0 Å². The molecular formula is C16H26N6O3. The molecule has 138 valence electrons. The Morgan fingerprint density at radius 2 is 2.04 bits per heavy atom. The number of piperazine rings is 1. The first kappa shape index (κ1) is 17.7. The number of hydrogen-bond donors (Lipinski definition) is 1. The Morgan fingerprint density at radius 3 is 2.72 bits per heavy atom. The highest BCUT2D eigenvalue weighted by Gasteiger charge is 2.27. The van der Waals surface area contributed by atoms with Crippen LogP contribution in [0.15, 0.2) is 6.20 Å². The van der Waals surface area contributed by atoms with Crippen LogP contribution in [-0.2, 0) is 11.3 Å². The zero-order chi connectivity index (χ0) is 17.6. The van der Waals surface area contributed by atoms with Gasteiger partial charge in [-0.1, -0.05) is 5.21 Å². The molecule has 25 heavy (non-hydrogen) atoms. The van der Waals surface area contributed by atoms with E-state index in [4.69, 9.17) is 4.74 Å². The summed E-state index contributed by atoms with van der Waals surface area (Å²) in [5.74, 6) is 0.406. The average Bonchev–Trinajstić information content (AvgIpc) is 3.11. The molecule has 1 atom stereocenters. The molecule has 1 aromatic rings. The van der Waals surface area contributed by atoms with Gasteiger partial charge in [-0.05, 0) is 38.8 Å². The summed E-state index contributed by atoms with van der Waals surface area (Å²) >= 11 is 0. The number of ether oxygens (including phenoxy) is 1. The Morgan fingerprint density at radius 1 is 1.28 bits per heavy atom. The van der Waals surface area contributed by atoms with E-state index in [2.05, 4.69) is 15.6 Å². The molecule has 1 aromatic heterocycles. The first-order valence-electron chi connectivity index (χ1n) is 8.99. The summed E-state index contributed by atoms with van der Waals surface area (Å²) in [4.78, 5) is 27.6. The molecule has 0 spiro atoms. The number of carbonyl (C=O) groups excluding carboxylic acids is 2. The second-order valence-electron chi connectivity index (χ2n) is 6.52. The molecule has 1 N–H and O–H groups in total. The zero-order valence-electron chi connectivity index (χ0n) is 14.7. The van der Waals surface area contributed by atoms with Crippen molar-refractivity contribution >= 4 is 12.0 Å². The molecule has 0 radical (unpaired) electrons. The first-order valence-corrected chi connectivity index (χ1v) is 8.99. The van der Waals surface area contributed by atoms with Crippen molar-refractivity contribution < 1.29 is 14.3 Å². The van der Waals surface area contributed by atoms with Gasteiger partial charge in [0, 0.05) is 32.7 Å². The summed E-state index contributed by atoms with van der Waals surface area (Å²) in [6.45, 7) is 6.91. The first-order chi connectivity index (χ1) is 12.2. The lowest BCUT2D eigenvalue weighted by Crippen LogP contribution is -2.50.